The molecule has 12 heteroatoms. The molecule has 0 aromatic heterocycles. The average Bonchev–Trinajstić information content (AvgIpc) is 3.73. The van der Waals surface area contributed by atoms with Gasteiger partial charge in [0.2, 0.25) is 23.5 Å². The van der Waals surface area contributed by atoms with Crippen molar-refractivity contribution >= 4 is 35.4 Å². The lowest BCUT2D eigenvalue weighted by atomic mass is 9.81. The maximum absolute atomic E-state index is 14.1. The van der Waals surface area contributed by atoms with Gasteiger partial charge in [-0.05, 0) is 47.8 Å². The molecule has 7 N–H and O–H groups in total. The molecule has 3 aliphatic carbocycles. The van der Waals surface area contributed by atoms with Gasteiger partial charge in [0, 0.05) is 6.54 Å². The van der Waals surface area contributed by atoms with Crippen LogP contribution in [0.2, 0.25) is 0 Å². The molecule has 0 aromatic rings. The van der Waals surface area contributed by atoms with E-state index >= 15 is 0 Å². The van der Waals surface area contributed by atoms with E-state index in [0.717, 1.165) is 32.1 Å². The summed E-state index contributed by atoms with van der Waals surface area (Å²) in [7, 11) is 0. The van der Waals surface area contributed by atoms with Crippen LogP contribution in [0.3, 0.4) is 0 Å². The first-order chi connectivity index (χ1) is 19.0. The van der Waals surface area contributed by atoms with Gasteiger partial charge in [-0.25, -0.2) is 4.79 Å². The minimum Gasteiger partial charge on any atom is -0.368 e. The van der Waals surface area contributed by atoms with E-state index < -0.39 is 64.5 Å². The fourth-order valence-electron chi connectivity index (χ4n) is 6.95. The number of amides is 6. The molecule has 0 aromatic carbocycles. The van der Waals surface area contributed by atoms with Gasteiger partial charge in [-0.15, -0.1) is 0 Å². The smallest absolute Gasteiger partial charge is 0.316 e. The summed E-state index contributed by atoms with van der Waals surface area (Å²) in [5, 5.41) is 8.29. The zero-order chi connectivity index (χ0) is 30.5. The molecule has 1 heterocycles. The zero-order valence-electron chi connectivity index (χ0n) is 24.9. The molecular formula is C29H46N6O6. The van der Waals surface area contributed by atoms with E-state index in [9.17, 15) is 28.8 Å². The van der Waals surface area contributed by atoms with Crippen LogP contribution in [0.25, 0.3) is 0 Å². The van der Waals surface area contributed by atoms with E-state index in [1.54, 1.807) is 0 Å². The Kier molecular flexibility index (Phi) is 8.18. The number of piperidine rings is 1. The second-order valence-corrected chi connectivity index (χ2v) is 14.3. The van der Waals surface area contributed by atoms with Crippen molar-refractivity contribution in [3.8, 4) is 0 Å². The summed E-state index contributed by atoms with van der Waals surface area (Å²) in [4.78, 5) is 79.1. The molecule has 12 nitrogen and oxygen atoms in total. The first-order valence-corrected chi connectivity index (χ1v) is 14.8. The van der Waals surface area contributed by atoms with Crippen LogP contribution in [-0.2, 0) is 24.0 Å². The van der Waals surface area contributed by atoms with Gasteiger partial charge < -0.3 is 32.3 Å². The van der Waals surface area contributed by atoms with Gasteiger partial charge in [0.05, 0.1) is 6.04 Å². The quantitative estimate of drug-likeness (QED) is 0.238. The maximum atomic E-state index is 14.1. The van der Waals surface area contributed by atoms with Gasteiger partial charge in [-0.3, -0.25) is 24.0 Å². The molecule has 4 fully saturated rings. The van der Waals surface area contributed by atoms with Crippen molar-refractivity contribution in [1.82, 2.24) is 20.9 Å². The molecule has 41 heavy (non-hydrogen) atoms. The number of rotatable bonds is 10. The van der Waals surface area contributed by atoms with Crippen LogP contribution in [0.4, 0.5) is 4.79 Å². The molecule has 5 atom stereocenters. The van der Waals surface area contributed by atoms with Crippen LogP contribution in [0, 0.1) is 28.6 Å². The number of hydrogen-bond acceptors (Lipinski definition) is 6. The number of hydrogen-bond donors (Lipinski definition) is 5. The van der Waals surface area contributed by atoms with E-state index in [4.69, 9.17) is 11.5 Å². The van der Waals surface area contributed by atoms with Gasteiger partial charge >= 0.3 is 6.03 Å². The molecule has 4 aliphatic rings. The predicted molar refractivity (Wildman–Crippen MR) is 150 cm³/mol. The van der Waals surface area contributed by atoms with Crippen molar-refractivity contribution in [1.29, 1.82) is 0 Å². The first-order valence-electron chi connectivity index (χ1n) is 14.8. The maximum Gasteiger partial charge on any atom is 0.316 e. The Morgan fingerprint density at radius 2 is 1.56 bits per heavy atom. The topological polar surface area (TPSA) is 194 Å². The van der Waals surface area contributed by atoms with Gasteiger partial charge in [-0.2, -0.15) is 0 Å². The van der Waals surface area contributed by atoms with Crippen LogP contribution >= 0.6 is 0 Å². The molecule has 1 saturated heterocycles. The molecular weight excluding hydrogens is 528 g/mol. The van der Waals surface area contributed by atoms with Crippen molar-refractivity contribution in [3.05, 3.63) is 0 Å². The number of fused-ring (bicyclic) bond motifs is 1. The van der Waals surface area contributed by atoms with Gasteiger partial charge in [0.15, 0.2) is 0 Å². The molecule has 0 spiro atoms. The number of nitrogens with two attached hydrogens (primary N) is 2. The first kappa shape index (κ1) is 30.8. The van der Waals surface area contributed by atoms with Crippen LogP contribution in [-0.4, -0.2) is 70.6 Å². The van der Waals surface area contributed by atoms with Crippen molar-refractivity contribution in [2.24, 2.45) is 40.1 Å². The van der Waals surface area contributed by atoms with E-state index in [0.29, 0.717) is 25.8 Å². The lowest BCUT2D eigenvalue weighted by Gasteiger charge is -2.39. The van der Waals surface area contributed by atoms with Crippen molar-refractivity contribution in [2.45, 2.75) is 110 Å². The molecule has 6 amide bonds. The highest BCUT2D eigenvalue weighted by Gasteiger charge is 2.70. The molecule has 4 rings (SSSR count). The summed E-state index contributed by atoms with van der Waals surface area (Å²) < 4.78 is 0. The number of nitrogens with one attached hydrogen (secondary N) is 3. The van der Waals surface area contributed by atoms with Crippen molar-refractivity contribution < 1.29 is 28.8 Å². The van der Waals surface area contributed by atoms with Crippen molar-refractivity contribution in [2.75, 3.05) is 6.54 Å². The predicted octanol–water partition coefficient (Wildman–Crippen LogP) is 0.711. The number of carbonyl (C=O) groups is 6. The SMILES string of the molecule is CC(C)(C)[C@H](NC(=O)NC1(C(N)=O)CCCCC1)C(=O)N1C[C@H]2[C@@H]([C@H]1C(=O)N[C@H](CC1CC1)C(=O)C(N)=O)C2(C)C. The standard InChI is InChI=1S/C29H46N6O6/c1-27(2,3)21(33-26(41)34-29(25(31)40)11-7-6-8-12-29)24(39)35-14-16-18(28(16,4)5)19(35)23(38)32-17(13-15-9-10-15)20(36)22(30)37/h15-19,21H,6-14H2,1-5H3,(H2,30,37)(H2,31,40)(H,32,38)(H2,33,34,41)/t16-,17+,18-,19-,21+/m0/s1. The molecule has 1 aliphatic heterocycles. The zero-order valence-corrected chi connectivity index (χ0v) is 24.9. The third-order valence-electron chi connectivity index (χ3n) is 9.82. The number of carbonyl (C=O) groups excluding carboxylic acids is 6. The Morgan fingerprint density at radius 1 is 0.951 bits per heavy atom. The van der Waals surface area contributed by atoms with E-state index in [-0.39, 0.29) is 23.2 Å². The molecule has 0 radical (unpaired) electrons. The number of ketones is 1. The second kappa shape index (κ2) is 10.9. The lowest BCUT2D eigenvalue weighted by molar-refractivity contribution is -0.145. The Morgan fingerprint density at radius 3 is 2.07 bits per heavy atom. The highest BCUT2D eigenvalue weighted by molar-refractivity contribution is 6.37. The molecule has 3 saturated carbocycles. The van der Waals surface area contributed by atoms with Gasteiger partial charge in [-0.1, -0.05) is 66.7 Å². The Bertz CT molecular complexity index is 1120. The minimum absolute atomic E-state index is 0.0748. The lowest BCUT2D eigenvalue weighted by Crippen LogP contribution is -2.65. The minimum atomic E-state index is -1.17. The molecule has 0 unspecified atom stereocenters. The highest BCUT2D eigenvalue weighted by atomic mass is 16.2. The summed E-state index contributed by atoms with van der Waals surface area (Å²) in [6.07, 6.45) is 5.50. The summed E-state index contributed by atoms with van der Waals surface area (Å²) in [6.45, 7) is 9.85. The van der Waals surface area contributed by atoms with Crippen LogP contribution in [0.15, 0.2) is 0 Å². The summed E-state index contributed by atoms with van der Waals surface area (Å²) >= 11 is 0. The summed E-state index contributed by atoms with van der Waals surface area (Å²) in [6, 6.07) is -3.58. The summed E-state index contributed by atoms with van der Waals surface area (Å²) in [5.41, 5.74) is 8.86. The van der Waals surface area contributed by atoms with Crippen molar-refractivity contribution in [3.63, 3.8) is 0 Å². The van der Waals surface area contributed by atoms with E-state index in [2.05, 4.69) is 16.0 Å². The summed E-state index contributed by atoms with van der Waals surface area (Å²) in [5.74, 6) is -3.28. The average molecular weight is 575 g/mol. The fourth-order valence-corrected chi connectivity index (χ4v) is 6.95. The van der Waals surface area contributed by atoms with E-state index in [1.807, 2.05) is 34.6 Å². The van der Waals surface area contributed by atoms with Crippen LogP contribution in [0.1, 0.15) is 86.0 Å². The fraction of sp³-hybridized carbons (Fsp3) is 0.793. The number of primary amides is 2. The molecule has 0 bridgehead atoms. The van der Waals surface area contributed by atoms with E-state index in [1.165, 1.54) is 4.90 Å². The monoisotopic (exact) mass is 574 g/mol. The number of Topliss-reactive ketones (excluding diaryl/α,β-unsaturated/α-hetero) is 1. The number of nitrogens with zero attached hydrogens (tertiary/aromatic N) is 1. The molecule has 228 valence electrons. The van der Waals surface area contributed by atoms with Gasteiger partial charge in [0.1, 0.15) is 17.6 Å². The Balaban J connectivity index is 1.53. The number of likely N-dealkylation sites (tertiary alicyclic amines) is 1. The van der Waals surface area contributed by atoms with Crippen LogP contribution in [0.5, 0.6) is 0 Å². The van der Waals surface area contributed by atoms with Crippen LogP contribution < -0.4 is 27.4 Å². The Hall–Kier alpha value is -3.18. The second-order valence-electron chi connectivity index (χ2n) is 14.3. The highest BCUT2D eigenvalue weighted by Crippen LogP contribution is 2.65. The third kappa shape index (κ3) is 6.21. The third-order valence-corrected chi connectivity index (χ3v) is 9.82. The Labute approximate surface area is 241 Å². The normalized spacial score (nSPS) is 27.5. The number of urea groups is 1. The van der Waals surface area contributed by atoms with Gasteiger partial charge in [0.25, 0.3) is 5.91 Å². The largest absolute Gasteiger partial charge is 0.368 e.